The number of hydrogen-bond donors (Lipinski definition) is 1. The number of ether oxygens (including phenoxy) is 1. The second kappa shape index (κ2) is 9.54. The van der Waals surface area contributed by atoms with Crippen LogP contribution in [0.3, 0.4) is 0 Å². The monoisotopic (exact) mass is 514 g/mol. The van der Waals surface area contributed by atoms with Crippen molar-refractivity contribution in [2.24, 2.45) is 0 Å². The molecule has 1 aliphatic rings. The molecule has 0 unspecified atom stereocenters. The van der Waals surface area contributed by atoms with E-state index in [1.165, 1.54) is 12.1 Å². The van der Waals surface area contributed by atoms with E-state index in [9.17, 15) is 14.0 Å². The number of rotatable bonds is 6. The van der Waals surface area contributed by atoms with Gasteiger partial charge in [0.25, 0.3) is 5.91 Å². The summed E-state index contributed by atoms with van der Waals surface area (Å²) in [5, 5.41) is 3.19. The first-order valence-electron chi connectivity index (χ1n) is 9.65. The standard InChI is InChI=1S/C24H17BrClFN2O3/c25-18-6-9-22(32-14-16-2-1-3-20(27)10-16)17(11-18)12-21-23(30)29(24(31)28-21)13-15-4-7-19(26)8-5-15/h1-12H,13-14H2,(H,28,31)/b21-12-. The summed E-state index contributed by atoms with van der Waals surface area (Å²) < 4.78 is 20.1. The Balaban J connectivity index is 1.55. The maximum Gasteiger partial charge on any atom is 0.329 e. The molecule has 32 heavy (non-hydrogen) atoms. The quantitative estimate of drug-likeness (QED) is 0.328. The Kier molecular flexibility index (Phi) is 6.58. The lowest BCUT2D eigenvalue weighted by atomic mass is 10.1. The molecule has 0 spiro atoms. The van der Waals surface area contributed by atoms with Gasteiger partial charge in [0.2, 0.25) is 0 Å². The molecular formula is C24H17BrClFN2O3. The van der Waals surface area contributed by atoms with Gasteiger partial charge < -0.3 is 10.1 Å². The van der Waals surface area contributed by atoms with Crippen molar-refractivity contribution in [1.82, 2.24) is 10.2 Å². The molecule has 3 aromatic rings. The van der Waals surface area contributed by atoms with Crippen molar-refractivity contribution in [3.05, 3.63) is 104 Å². The van der Waals surface area contributed by atoms with Gasteiger partial charge in [-0.2, -0.15) is 0 Å². The Morgan fingerprint density at radius 1 is 1.03 bits per heavy atom. The van der Waals surface area contributed by atoms with Gasteiger partial charge >= 0.3 is 6.03 Å². The van der Waals surface area contributed by atoms with Gasteiger partial charge in [0.1, 0.15) is 23.9 Å². The number of hydrogen-bond acceptors (Lipinski definition) is 3. The minimum absolute atomic E-state index is 0.126. The van der Waals surface area contributed by atoms with Gasteiger partial charge in [0, 0.05) is 15.1 Å². The van der Waals surface area contributed by atoms with Crippen LogP contribution in [0, 0.1) is 5.82 Å². The Hall–Kier alpha value is -3.16. The highest BCUT2D eigenvalue weighted by molar-refractivity contribution is 9.10. The lowest BCUT2D eigenvalue weighted by Gasteiger charge is -2.12. The van der Waals surface area contributed by atoms with Crippen LogP contribution in [0.15, 0.2) is 76.9 Å². The predicted molar refractivity (Wildman–Crippen MR) is 123 cm³/mol. The largest absolute Gasteiger partial charge is 0.488 e. The van der Waals surface area contributed by atoms with E-state index >= 15 is 0 Å². The van der Waals surface area contributed by atoms with Crippen LogP contribution >= 0.6 is 27.5 Å². The number of carbonyl (C=O) groups is 2. The van der Waals surface area contributed by atoms with Gasteiger partial charge in [0.15, 0.2) is 0 Å². The topological polar surface area (TPSA) is 58.6 Å². The van der Waals surface area contributed by atoms with Crippen LogP contribution < -0.4 is 10.1 Å². The van der Waals surface area contributed by atoms with Crippen molar-refractivity contribution >= 4 is 45.5 Å². The fourth-order valence-electron chi connectivity index (χ4n) is 3.19. The Labute approximate surface area is 197 Å². The van der Waals surface area contributed by atoms with E-state index in [0.29, 0.717) is 21.9 Å². The van der Waals surface area contributed by atoms with E-state index < -0.39 is 11.9 Å². The van der Waals surface area contributed by atoms with E-state index in [1.54, 1.807) is 60.7 Å². The van der Waals surface area contributed by atoms with Crippen molar-refractivity contribution in [3.8, 4) is 5.75 Å². The van der Waals surface area contributed by atoms with Crippen molar-refractivity contribution in [2.45, 2.75) is 13.2 Å². The third kappa shape index (κ3) is 5.18. The van der Waals surface area contributed by atoms with Crippen molar-refractivity contribution in [3.63, 3.8) is 0 Å². The summed E-state index contributed by atoms with van der Waals surface area (Å²) in [4.78, 5) is 26.4. The summed E-state index contributed by atoms with van der Waals surface area (Å²) >= 11 is 9.31. The van der Waals surface area contributed by atoms with Crippen LogP contribution in [-0.2, 0) is 17.9 Å². The second-order valence-electron chi connectivity index (χ2n) is 7.11. The molecule has 1 fully saturated rings. The summed E-state index contributed by atoms with van der Waals surface area (Å²) in [5.74, 6) is -0.298. The first kappa shape index (κ1) is 22.0. The van der Waals surface area contributed by atoms with Gasteiger partial charge in [-0.1, -0.05) is 51.8 Å². The summed E-state index contributed by atoms with van der Waals surface area (Å²) in [5.41, 5.74) is 2.18. The Bertz CT molecular complexity index is 1210. The number of imide groups is 1. The van der Waals surface area contributed by atoms with Gasteiger partial charge in [0.05, 0.1) is 6.54 Å². The summed E-state index contributed by atoms with van der Waals surface area (Å²) in [6.45, 7) is 0.277. The average Bonchev–Trinajstić information content (AvgIpc) is 3.02. The zero-order chi connectivity index (χ0) is 22.7. The van der Waals surface area contributed by atoms with Crippen LogP contribution in [-0.4, -0.2) is 16.8 Å². The van der Waals surface area contributed by atoms with Crippen molar-refractivity contribution < 1.29 is 18.7 Å². The molecule has 5 nitrogen and oxygen atoms in total. The van der Waals surface area contributed by atoms with Gasteiger partial charge in [-0.05, 0) is 59.7 Å². The first-order chi connectivity index (χ1) is 15.4. The molecular weight excluding hydrogens is 499 g/mol. The Morgan fingerprint density at radius 2 is 1.81 bits per heavy atom. The maximum absolute atomic E-state index is 13.4. The maximum atomic E-state index is 13.4. The molecule has 0 atom stereocenters. The molecule has 0 radical (unpaired) electrons. The fraction of sp³-hybridized carbons (Fsp3) is 0.0833. The second-order valence-corrected chi connectivity index (χ2v) is 8.46. The highest BCUT2D eigenvalue weighted by atomic mass is 79.9. The number of nitrogens with one attached hydrogen (secondary N) is 1. The highest BCUT2D eigenvalue weighted by Gasteiger charge is 2.33. The molecule has 3 amide bonds. The summed E-state index contributed by atoms with van der Waals surface area (Å²) in [7, 11) is 0. The van der Waals surface area contributed by atoms with E-state index in [4.69, 9.17) is 16.3 Å². The van der Waals surface area contributed by atoms with E-state index in [2.05, 4.69) is 21.2 Å². The van der Waals surface area contributed by atoms with Crippen LogP contribution in [0.25, 0.3) is 6.08 Å². The normalized spacial score (nSPS) is 14.7. The molecule has 4 rings (SSSR count). The molecule has 0 aliphatic carbocycles. The molecule has 0 aromatic heterocycles. The number of halogens is 3. The zero-order valence-corrected chi connectivity index (χ0v) is 19.0. The number of amides is 3. The Morgan fingerprint density at radius 3 is 2.56 bits per heavy atom. The molecule has 0 bridgehead atoms. The van der Waals surface area contributed by atoms with Crippen LogP contribution in [0.1, 0.15) is 16.7 Å². The van der Waals surface area contributed by atoms with Crippen LogP contribution in [0.2, 0.25) is 5.02 Å². The highest BCUT2D eigenvalue weighted by Crippen LogP contribution is 2.28. The molecule has 1 saturated heterocycles. The van der Waals surface area contributed by atoms with Gasteiger partial charge in [-0.15, -0.1) is 0 Å². The fourth-order valence-corrected chi connectivity index (χ4v) is 3.70. The molecule has 1 N–H and O–H groups in total. The summed E-state index contributed by atoms with van der Waals surface area (Å²) in [6.07, 6.45) is 1.56. The number of nitrogens with zero attached hydrogens (tertiary/aromatic N) is 1. The van der Waals surface area contributed by atoms with Crippen molar-refractivity contribution in [2.75, 3.05) is 0 Å². The van der Waals surface area contributed by atoms with Crippen LogP contribution in [0.4, 0.5) is 9.18 Å². The molecule has 0 saturated carbocycles. The number of urea groups is 1. The van der Waals surface area contributed by atoms with Crippen LogP contribution in [0.5, 0.6) is 5.75 Å². The lowest BCUT2D eigenvalue weighted by Crippen LogP contribution is -2.30. The number of benzene rings is 3. The zero-order valence-electron chi connectivity index (χ0n) is 16.6. The minimum atomic E-state index is -0.506. The van der Waals surface area contributed by atoms with E-state index in [0.717, 1.165) is 14.9 Å². The third-order valence-electron chi connectivity index (χ3n) is 4.77. The first-order valence-corrected chi connectivity index (χ1v) is 10.8. The molecule has 3 aromatic carbocycles. The summed E-state index contributed by atoms with van der Waals surface area (Å²) in [6, 6.07) is 17.9. The van der Waals surface area contributed by atoms with E-state index in [1.807, 2.05) is 0 Å². The van der Waals surface area contributed by atoms with E-state index in [-0.39, 0.29) is 24.7 Å². The van der Waals surface area contributed by atoms with Gasteiger partial charge in [-0.3, -0.25) is 9.69 Å². The molecule has 1 heterocycles. The number of carbonyl (C=O) groups excluding carboxylic acids is 2. The molecule has 8 heteroatoms. The van der Waals surface area contributed by atoms with Crippen molar-refractivity contribution in [1.29, 1.82) is 0 Å². The minimum Gasteiger partial charge on any atom is -0.488 e. The smallest absolute Gasteiger partial charge is 0.329 e. The lowest BCUT2D eigenvalue weighted by molar-refractivity contribution is -0.123. The third-order valence-corrected chi connectivity index (χ3v) is 5.52. The predicted octanol–water partition coefficient (Wildman–Crippen LogP) is 5.91. The van der Waals surface area contributed by atoms with Gasteiger partial charge in [-0.25, -0.2) is 9.18 Å². The SMILES string of the molecule is O=C1N/C(=C\c2cc(Br)ccc2OCc2cccc(F)c2)C(=O)N1Cc1ccc(Cl)cc1. The molecule has 162 valence electrons. The average molecular weight is 516 g/mol. The molecule has 1 aliphatic heterocycles.